The van der Waals surface area contributed by atoms with Crippen LogP contribution in [0, 0.1) is 0 Å². The van der Waals surface area contributed by atoms with Crippen LogP contribution in [0.25, 0.3) is 0 Å². The van der Waals surface area contributed by atoms with Gasteiger partial charge in [-0.1, -0.05) is 30.3 Å². The van der Waals surface area contributed by atoms with Crippen molar-refractivity contribution in [3.05, 3.63) is 35.9 Å². The van der Waals surface area contributed by atoms with Crippen molar-refractivity contribution in [2.45, 2.75) is 58.1 Å². The van der Waals surface area contributed by atoms with E-state index in [0.29, 0.717) is 0 Å². The SMILES string of the molecule is COC(=O)[C@H]1O[C@@H](OCc2ccccc2)[C@H](OC(C)=O)[C@@H](OC(C)=O)[C@@H]1OC(C)=O. The lowest BCUT2D eigenvalue weighted by atomic mass is 9.97. The molecular weight excluding hydrogens is 400 g/mol. The molecule has 1 aliphatic rings. The summed E-state index contributed by atoms with van der Waals surface area (Å²) < 4.78 is 31.8. The van der Waals surface area contributed by atoms with E-state index in [4.69, 9.17) is 28.4 Å². The summed E-state index contributed by atoms with van der Waals surface area (Å²) in [5, 5.41) is 0. The van der Waals surface area contributed by atoms with E-state index >= 15 is 0 Å². The van der Waals surface area contributed by atoms with Crippen LogP contribution < -0.4 is 0 Å². The summed E-state index contributed by atoms with van der Waals surface area (Å²) in [6.45, 7) is 3.42. The lowest BCUT2D eigenvalue weighted by molar-refractivity contribution is -0.304. The number of benzene rings is 1. The molecule has 0 bridgehead atoms. The Hall–Kier alpha value is -2.98. The van der Waals surface area contributed by atoms with E-state index in [1.807, 2.05) is 6.07 Å². The van der Waals surface area contributed by atoms with Gasteiger partial charge in [-0.2, -0.15) is 0 Å². The third kappa shape index (κ3) is 6.26. The molecule has 0 amide bonds. The number of methoxy groups -OCH3 is 1. The summed E-state index contributed by atoms with van der Waals surface area (Å²) in [6.07, 6.45) is -6.88. The molecule has 0 aliphatic carbocycles. The van der Waals surface area contributed by atoms with E-state index in [-0.39, 0.29) is 6.61 Å². The maximum absolute atomic E-state index is 12.3. The number of ether oxygens (including phenoxy) is 6. The number of rotatable bonds is 7. The first kappa shape index (κ1) is 23.3. The molecule has 0 radical (unpaired) electrons. The second-order valence-electron chi connectivity index (χ2n) is 6.47. The maximum Gasteiger partial charge on any atom is 0.339 e. The van der Waals surface area contributed by atoms with Crippen LogP contribution in [-0.4, -0.2) is 61.7 Å². The average molecular weight is 424 g/mol. The van der Waals surface area contributed by atoms with Crippen LogP contribution >= 0.6 is 0 Å². The molecule has 0 aromatic heterocycles. The molecule has 5 atom stereocenters. The van der Waals surface area contributed by atoms with Gasteiger partial charge in [0.1, 0.15) is 0 Å². The van der Waals surface area contributed by atoms with Gasteiger partial charge in [0.25, 0.3) is 0 Å². The first-order valence-electron chi connectivity index (χ1n) is 9.13. The summed E-state index contributed by atoms with van der Waals surface area (Å²) in [5.74, 6) is -3.11. The van der Waals surface area contributed by atoms with Crippen LogP contribution in [0.3, 0.4) is 0 Å². The van der Waals surface area contributed by atoms with Crippen molar-refractivity contribution in [3.63, 3.8) is 0 Å². The van der Waals surface area contributed by atoms with Gasteiger partial charge in [0, 0.05) is 20.8 Å². The molecule has 0 N–H and O–H groups in total. The molecule has 164 valence electrons. The quantitative estimate of drug-likeness (QED) is 0.460. The van der Waals surface area contributed by atoms with Gasteiger partial charge >= 0.3 is 23.9 Å². The van der Waals surface area contributed by atoms with Gasteiger partial charge in [-0.25, -0.2) is 4.79 Å². The zero-order chi connectivity index (χ0) is 22.3. The Balaban J connectivity index is 2.39. The van der Waals surface area contributed by atoms with Gasteiger partial charge < -0.3 is 28.4 Å². The maximum atomic E-state index is 12.3. The normalized spacial score (nSPS) is 25.7. The van der Waals surface area contributed by atoms with Gasteiger partial charge in [-0.05, 0) is 5.56 Å². The summed E-state index contributed by atoms with van der Waals surface area (Å²) >= 11 is 0. The Morgan fingerprint density at radius 3 is 1.90 bits per heavy atom. The van der Waals surface area contributed by atoms with E-state index < -0.39 is 54.6 Å². The Labute approximate surface area is 173 Å². The summed E-state index contributed by atoms with van der Waals surface area (Å²) in [7, 11) is 1.12. The fourth-order valence-corrected chi connectivity index (χ4v) is 2.97. The van der Waals surface area contributed by atoms with E-state index in [2.05, 4.69) is 0 Å². The Kier molecular flexibility index (Phi) is 8.31. The molecule has 0 saturated carbocycles. The Morgan fingerprint density at radius 2 is 1.37 bits per heavy atom. The number of hydrogen-bond acceptors (Lipinski definition) is 10. The topological polar surface area (TPSA) is 124 Å². The molecule has 1 aliphatic heterocycles. The molecule has 30 heavy (non-hydrogen) atoms. The van der Waals surface area contributed by atoms with Crippen molar-refractivity contribution in [1.82, 2.24) is 0 Å². The third-order valence-corrected chi connectivity index (χ3v) is 4.09. The number of hydrogen-bond donors (Lipinski definition) is 0. The van der Waals surface area contributed by atoms with Crippen molar-refractivity contribution in [2.75, 3.05) is 7.11 Å². The third-order valence-electron chi connectivity index (χ3n) is 4.09. The van der Waals surface area contributed by atoms with Crippen molar-refractivity contribution in [1.29, 1.82) is 0 Å². The first-order valence-corrected chi connectivity index (χ1v) is 9.13. The molecule has 1 aromatic rings. The average Bonchev–Trinajstić information content (AvgIpc) is 2.68. The minimum absolute atomic E-state index is 0.0438. The Morgan fingerprint density at radius 1 is 0.833 bits per heavy atom. The highest BCUT2D eigenvalue weighted by atomic mass is 16.7. The van der Waals surface area contributed by atoms with Crippen molar-refractivity contribution >= 4 is 23.9 Å². The fourth-order valence-electron chi connectivity index (χ4n) is 2.97. The second-order valence-corrected chi connectivity index (χ2v) is 6.47. The summed E-state index contributed by atoms with van der Waals surface area (Å²) in [4.78, 5) is 47.3. The molecule has 1 aromatic carbocycles. The van der Waals surface area contributed by atoms with Gasteiger partial charge in [0.05, 0.1) is 13.7 Å². The van der Waals surface area contributed by atoms with E-state index in [9.17, 15) is 19.2 Å². The summed E-state index contributed by atoms with van der Waals surface area (Å²) in [6, 6.07) is 9.04. The number of carbonyl (C=O) groups is 4. The second kappa shape index (κ2) is 10.7. The molecule has 0 spiro atoms. The smallest absolute Gasteiger partial charge is 0.339 e. The standard InChI is InChI=1S/C20H24O10/c1-11(21)27-15-16(28-12(2)22)18(29-13(3)23)20(30-17(15)19(24)25-4)26-10-14-8-6-5-7-9-14/h5-9,15-18,20H,10H2,1-4H3/t15-,16-,17-,18+,20+/m0/s1. The van der Waals surface area contributed by atoms with Gasteiger partial charge in [0.15, 0.2) is 30.7 Å². The largest absolute Gasteiger partial charge is 0.467 e. The van der Waals surface area contributed by atoms with Gasteiger partial charge in [-0.3, -0.25) is 14.4 Å². The number of carbonyl (C=O) groups excluding carboxylic acids is 4. The highest BCUT2D eigenvalue weighted by Gasteiger charge is 2.55. The van der Waals surface area contributed by atoms with E-state index in [1.165, 1.54) is 0 Å². The molecule has 1 heterocycles. The van der Waals surface area contributed by atoms with Crippen LogP contribution in [0.1, 0.15) is 26.3 Å². The highest BCUT2D eigenvalue weighted by molar-refractivity contribution is 5.77. The van der Waals surface area contributed by atoms with Crippen LogP contribution in [-0.2, 0) is 54.2 Å². The van der Waals surface area contributed by atoms with Gasteiger partial charge in [-0.15, -0.1) is 0 Å². The molecule has 1 saturated heterocycles. The monoisotopic (exact) mass is 424 g/mol. The fraction of sp³-hybridized carbons (Fsp3) is 0.500. The van der Waals surface area contributed by atoms with Crippen LogP contribution in [0.5, 0.6) is 0 Å². The molecule has 0 unspecified atom stereocenters. The van der Waals surface area contributed by atoms with Crippen LogP contribution in [0.15, 0.2) is 30.3 Å². The lowest BCUT2D eigenvalue weighted by Crippen LogP contribution is -2.63. The zero-order valence-corrected chi connectivity index (χ0v) is 17.1. The lowest BCUT2D eigenvalue weighted by Gasteiger charge is -2.43. The Bertz CT molecular complexity index is 762. The van der Waals surface area contributed by atoms with Crippen LogP contribution in [0.4, 0.5) is 0 Å². The molecular formula is C20H24O10. The minimum atomic E-state index is -1.48. The van der Waals surface area contributed by atoms with Crippen molar-refractivity contribution in [3.8, 4) is 0 Å². The predicted molar refractivity (Wildman–Crippen MR) is 98.6 cm³/mol. The van der Waals surface area contributed by atoms with Crippen LogP contribution in [0.2, 0.25) is 0 Å². The highest BCUT2D eigenvalue weighted by Crippen LogP contribution is 2.30. The van der Waals surface area contributed by atoms with Crippen molar-refractivity contribution < 1.29 is 47.6 Å². The van der Waals surface area contributed by atoms with E-state index in [0.717, 1.165) is 33.4 Å². The molecule has 1 fully saturated rings. The molecule has 10 nitrogen and oxygen atoms in total. The molecule has 10 heteroatoms. The first-order chi connectivity index (χ1) is 14.2. The van der Waals surface area contributed by atoms with Crippen molar-refractivity contribution in [2.24, 2.45) is 0 Å². The van der Waals surface area contributed by atoms with Gasteiger partial charge in [0.2, 0.25) is 0 Å². The predicted octanol–water partition coefficient (Wildman–Crippen LogP) is 0.896. The zero-order valence-electron chi connectivity index (χ0n) is 17.1. The number of esters is 4. The summed E-state index contributed by atoms with van der Waals surface area (Å²) in [5.41, 5.74) is 0.781. The minimum Gasteiger partial charge on any atom is -0.467 e. The molecule has 2 rings (SSSR count). The van der Waals surface area contributed by atoms with E-state index in [1.54, 1.807) is 24.3 Å².